The van der Waals surface area contributed by atoms with Crippen molar-refractivity contribution in [2.45, 2.75) is 58.3 Å². The van der Waals surface area contributed by atoms with Crippen molar-refractivity contribution in [2.24, 2.45) is 0 Å². The van der Waals surface area contributed by atoms with E-state index in [0.29, 0.717) is 13.0 Å². The van der Waals surface area contributed by atoms with Gasteiger partial charge in [0.25, 0.3) is 0 Å². The maximum atomic E-state index is 12.2. The number of unbranched alkanes of at least 4 members (excludes halogenated alkanes) is 2. The van der Waals surface area contributed by atoms with Gasteiger partial charge in [0.15, 0.2) is 0 Å². The number of ether oxygens (including phenoxy) is 3. The van der Waals surface area contributed by atoms with E-state index in [-0.39, 0.29) is 38.3 Å². The van der Waals surface area contributed by atoms with Gasteiger partial charge in [-0.2, -0.15) is 0 Å². The molecule has 0 aromatic heterocycles. The third-order valence-electron chi connectivity index (χ3n) is 4.96. The first kappa shape index (κ1) is 26.7. The van der Waals surface area contributed by atoms with Crippen molar-refractivity contribution < 1.29 is 28.6 Å². The van der Waals surface area contributed by atoms with Crippen molar-refractivity contribution in [1.82, 2.24) is 10.6 Å². The number of benzene rings is 2. The van der Waals surface area contributed by atoms with Gasteiger partial charge in [0.2, 0.25) is 0 Å². The number of nitrogens with one attached hydrogen (secondary N) is 2. The van der Waals surface area contributed by atoms with Gasteiger partial charge < -0.3 is 24.8 Å². The molecule has 8 heteroatoms. The number of hydrogen-bond donors (Lipinski definition) is 2. The molecule has 0 saturated heterocycles. The highest BCUT2D eigenvalue weighted by Crippen LogP contribution is 2.09. The van der Waals surface area contributed by atoms with Crippen molar-refractivity contribution >= 4 is 18.2 Å². The van der Waals surface area contributed by atoms with Crippen molar-refractivity contribution in [3.05, 3.63) is 71.8 Å². The summed E-state index contributed by atoms with van der Waals surface area (Å²) in [6, 6.07) is 18.5. The SMILES string of the molecule is CCOC(=O)CC(CCCCCNC(=O)OCc1ccccc1)NC(=O)OCc1ccccc1. The lowest BCUT2D eigenvalue weighted by Crippen LogP contribution is -2.37. The zero-order chi connectivity index (χ0) is 24.4. The van der Waals surface area contributed by atoms with Gasteiger partial charge in [-0.25, -0.2) is 9.59 Å². The lowest BCUT2D eigenvalue weighted by molar-refractivity contribution is -0.143. The molecule has 0 heterocycles. The second kappa shape index (κ2) is 16.1. The molecule has 0 bridgehead atoms. The Morgan fingerprint density at radius 3 is 1.94 bits per heavy atom. The summed E-state index contributed by atoms with van der Waals surface area (Å²) in [6.45, 7) is 2.91. The zero-order valence-electron chi connectivity index (χ0n) is 19.7. The predicted octanol–water partition coefficient (Wildman–Crippen LogP) is 4.72. The van der Waals surface area contributed by atoms with Crippen LogP contribution in [0.4, 0.5) is 9.59 Å². The van der Waals surface area contributed by atoms with Crippen molar-refractivity contribution in [1.29, 1.82) is 0 Å². The molecule has 0 aliphatic heterocycles. The maximum absolute atomic E-state index is 12.2. The normalized spacial score (nSPS) is 11.2. The molecule has 8 nitrogen and oxygen atoms in total. The molecule has 1 unspecified atom stereocenters. The minimum atomic E-state index is -0.569. The number of esters is 1. The summed E-state index contributed by atoms with van der Waals surface area (Å²) < 4.78 is 15.5. The van der Waals surface area contributed by atoms with Crippen LogP contribution in [0.25, 0.3) is 0 Å². The van der Waals surface area contributed by atoms with Crippen LogP contribution in [0.5, 0.6) is 0 Å². The first-order valence-electron chi connectivity index (χ1n) is 11.6. The Bertz CT molecular complexity index is 860. The predicted molar refractivity (Wildman–Crippen MR) is 128 cm³/mol. The van der Waals surface area contributed by atoms with E-state index in [1.807, 2.05) is 60.7 Å². The van der Waals surface area contributed by atoms with Crippen molar-refractivity contribution in [3.8, 4) is 0 Å². The topological polar surface area (TPSA) is 103 Å². The van der Waals surface area contributed by atoms with E-state index in [9.17, 15) is 14.4 Å². The van der Waals surface area contributed by atoms with Gasteiger partial charge in [-0.15, -0.1) is 0 Å². The summed E-state index contributed by atoms with van der Waals surface area (Å²) in [6.07, 6.45) is 2.00. The van der Waals surface area contributed by atoms with Crippen molar-refractivity contribution in [2.75, 3.05) is 13.2 Å². The second-order valence-corrected chi connectivity index (χ2v) is 7.75. The molecule has 34 heavy (non-hydrogen) atoms. The molecule has 2 rings (SSSR count). The Morgan fingerprint density at radius 2 is 1.35 bits per heavy atom. The fraction of sp³-hybridized carbons (Fsp3) is 0.423. The molecule has 184 valence electrons. The molecule has 0 fully saturated rings. The van der Waals surface area contributed by atoms with Crippen LogP contribution in [-0.4, -0.2) is 37.3 Å². The van der Waals surface area contributed by atoms with Gasteiger partial charge in [-0.05, 0) is 30.9 Å². The molecule has 0 radical (unpaired) electrons. The van der Waals surface area contributed by atoms with Crippen LogP contribution in [0.1, 0.15) is 50.2 Å². The fourth-order valence-electron chi connectivity index (χ4n) is 3.23. The average Bonchev–Trinajstić information content (AvgIpc) is 2.85. The zero-order valence-corrected chi connectivity index (χ0v) is 19.7. The molecule has 0 aliphatic carbocycles. The van der Waals surface area contributed by atoms with Gasteiger partial charge >= 0.3 is 18.2 Å². The van der Waals surface area contributed by atoms with Gasteiger partial charge in [-0.1, -0.05) is 73.5 Å². The van der Waals surface area contributed by atoms with Gasteiger partial charge in [0, 0.05) is 12.6 Å². The first-order chi connectivity index (χ1) is 16.6. The van der Waals surface area contributed by atoms with E-state index in [4.69, 9.17) is 14.2 Å². The molecule has 2 amide bonds. The van der Waals surface area contributed by atoms with E-state index < -0.39 is 12.2 Å². The molecule has 0 spiro atoms. The number of alkyl carbamates (subject to hydrolysis) is 2. The number of carbonyl (C=O) groups excluding carboxylic acids is 3. The first-order valence-corrected chi connectivity index (χ1v) is 11.6. The van der Waals surface area contributed by atoms with E-state index in [1.165, 1.54) is 0 Å². The smallest absolute Gasteiger partial charge is 0.407 e. The van der Waals surface area contributed by atoms with Crippen LogP contribution in [0.3, 0.4) is 0 Å². The van der Waals surface area contributed by atoms with E-state index in [0.717, 1.165) is 30.4 Å². The summed E-state index contributed by atoms with van der Waals surface area (Å²) in [5, 5.41) is 5.50. The average molecular weight is 471 g/mol. The molecule has 2 N–H and O–H groups in total. The van der Waals surface area contributed by atoms with Crippen molar-refractivity contribution in [3.63, 3.8) is 0 Å². The quantitative estimate of drug-likeness (QED) is 0.235. The summed E-state index contributed by atoms with van der Waals surface area (Å²) >= 11 is 0. The minimum absolute atomic E-state index is 0.0817. The summed E-state index contributed by atoms with van der Waals surface area (Å²) in [4.78, 5) is 35.9. The monoisotopic (exact) mass is 470 g/mol. The maximum Gasteiger partial charge on any atom is 0.407 e. The highest BCUT2D eigenvalue weighted by atomic mass is 16.6. The minimum Gasteiger partial charge on any atom is -0.466 e. The Hall–Kier alpha value is -3.55. The second-order valence-electron chi connectivity index (χ2n) is 7.75. The third-order valence-corrected chi connectivity index (χ3v) is 4.96. The van der Waals surface area contributed by atoms with Crippen LogP contribution in [0.15, 0.2) is 60.7 Å². The Balaban J connectivity index is 1.64. The summed E-state index contributed by atoms with van der Waals surface area (Å²) in [7, 11) is 0. The van der Waals surface area contributed by atoms with E-state index >= 15 is 0 Å². The van der Waals surface area contributed by atoms with Crippen LogP contribution in [-0.2, 0) is 32.2 Å². The van der Waals surface area contributed by atoms with E-state index in [2.05, 4.69) is 10.6 Å². The van der Waals surface area contributed by atoms with Crippen LogP contribution >= 0.6 is 0 Å². The number of rotatable bonds is 14. The van der Waals surface area contributed by atoms with Gasteiger partial charge in [0.05, 0.1) is 13.0 Å². The molecule has 1 atom stereocenters. The molecule has 2 aromatic carbocycles. The van der Waals surface area contributed by atoms with Crippen LogP contribution in [0.2, 0.25) is 0 Å². The summed E-state index contributed by atoms with van der Waals surface area (Å²) in [5.74, 6) is -0.362. The Kier molecular flexibility index (Phi) is 12.7. The summed E-state index contributed by atoms with van der Waals surface area (Å²) in [5.41, 5.74) is 1.81. The number of hydrogen-bond acceptors (Lipinski definition) is 6. The van der Waals surface area contributed by atoms with Gasteiger partial charge in [-0.3, -0.25) is 4.79 Å². The number of amides is 2. The molecule has 2 aromatic rings. The Labute approximate surface area is 201 Å². The van der Waals surface area contributed by atoms with Gasteiger partial charge in [0.1, 0.15) is 13.2 Å². The molecular formula is C26H34N2O6. The van der Waals surface area contributed by atoms with Crippen LogP contribution in [0, 0.1) is 0 Å². The highest BCUT2D eigenvalue weighted by Gasteiger charge is 2.18. The highest BCUT2D eigenvalue weighted by molar-refractivity contribution is 5.72. The largest absolute Gasteiger partial charge is 0.466 e. The number of carbonyl (C=O) groups is 3. The Morgan fingerprint density at radius 1 is 0.765 bits per heavy atom. The lowest BCUT2D eigenvalue weighted by atomic mass is 10.1. The lowest BCUT2D eigenvalue weighted by Gasteiger charge is -2.18. The van der Waals surface area contributed by atoms with Crippen LogP contribution < -0.4 is 10.6 Å². The molecule has 0 aliphatic rings. The molecular weight excluding hydrogens is 436 g/mol. The standard InChI is InChI=1S/C26H34N2O6/c1-2-32-24(29)18-23(28-26(31)34-20-22-14-8-4-9-15-22)16-10-5-11-17-27-25(30)33-19-21-12-6-3-7-13-21/h3-4,6-9,12-15,23H,2,5,10-11,16-20H2,1H3,(H,27,30)(H,28,31). The van der Waals surface area contributed by atoms with E-state index in [1.54, 1.807) is 6.92 Å². The fourth-order valence-corrected chi connectivity index (χ4v) is 3.23. The molecule has 0 saturated carbocycles. The third kappa shape index (κ3) is 11.9.